The van der Waals surface area contributed by atoms with Crippen molar-refractivity contribution in [3.63, 3.8) is 0 Å². The minimum absolute atomic E-state index is 0.184. The lowest BCUT2D eigenvalue weighted by atomic mass is 10.1. The van der Waals surface area contributed by atoms with E-state index in [4.69, 9.17) is 5.73 Å². The maximum atomic E-state index is 13.7. The highest BCUT2D eigenvalue weighted by molar-refractivity contribution is 8.00. The first-order chi connectivity index (χ1) is 8.26. The van der Waals surface area contributed by atoms with Crippen molar-refractivity contribution in [2.45, 2.75) is 25.1 Å². The fraction of sp³-hybridized carbons (Fsp3) is 0.538. The molecule has 1 aliphatic rings. The molecule has 2 nitrogen and oxygen atoms in total. The summed E-state index contributed by atoms with van der Waals surface area (Å²) in [6, 6.07) is 5.24. The number of anilines is 1. The molecule has 17 heavy (non-hydrogen) atoms. The molecule has 0 spiro atoms. The molecule has 1 saturated heterocycles. The summed E-state index contributed by atoms with van der Waals surface area (Å²) in [4.78, 5) is 2.27. The SMILES string of the molecule is CCC1CN(c2cccc(F)c2CN)CCS1. The van der Waals surface area contributed by atoms with Crippen molar-refractivity contribution in [1.29, 1.82) is 0 Å². The van der Waals surface area contributed by atoms with Gasteiger partial charge in [0, 0.05) is 41.9 Å². The van der Waals surface area contributed by atoms with Crippen LogP contribution in [0.1, 0.15) is 18.9 Å². The van der Waals surface area contributed by atoms with Crippen molar-refractivity contribution < 1.29 is 4.39 Å². The third kappa shape index (κ3) is 2.75. The smallest absolute Gasteiger partial charge is 0.129 e. The second-order valence-electron chi connectivity index (χ2n) is 4.29. The molecule has 1 aromatic carbocycles. The van der Waals surface area contributed by atoms with E-state index in [1.165, 1.54) is 6.07 Å². The minimum Gasteiger partial charge on any atom is -0.369 e. The molecule has 1 fully saturated rings. The predicted octanol–water partition coefficient (Wildman–Crippen LogP) is 2.62. The van der Waals surface area contributed by atoms with Gasteiger partial charge >= 0.3 is 0 Å². The zero-order valence-corrected chi connectivity index (χ0v) is 11.0. The number of benzene rings is 1. The summed E-state index contributed by atoms with van der Waals surface area (Å²) in [5.74, 6) is 0.926. The molecule has 0 bridgehead atoms. The highest BCUT2D eigenvalue weighted by Gasteiger charge is 2.21. The highest BCUT2D eigenvalue weighted by atomic mass is 32.2. The molecule has 1 heterocycles. The molecule has 0 aromatic heterocycles. The maximum Gasteiger partial charge on any atom is 0.129 e. The minimum atomic E-state index is -0.184. The van der Waals surface area contributed by atoms with Gasteiger partial charge in [-0.2, -0.15) is 11.8 Å². The van der Waals surface area contributed by atoms with Crippen molar-refractivity contribution in [1.82, 2.24) is 0 Å². The Hall–Kier alpha value is -0.740. The zero-order chi connectivity index (χ0) is 12.3. The molecule has 0 saturated carbocycles. The van der Waals surface area contributed by atoms with Crippen LogP contribution in [0.3, 0.4) is 0 Å². The van der Waals surface area contributed by atoms with Crippen LogP contribution in [0, 0.1) is 5.82 Å². The molecule has 1 atom stereocenters. The van der Waals surface area contributed by atoms with Crippen LogP contribution in [0.25, 0.3) is 0 Å². The fourth-order valence-corrected chi connectivity index (χ4v) is 3.41. The van der Waals surface area contributed by atoms with Gasteiger partial charge in [0.2, 0.25) is 0 Å². The van der Waals surface area contributed by atoms with Gasteiger partial charge in [0.05, 0.1) is 0 Å². The number of hydrogen-bond acceptors (Lipinski definition) is 3. The Balaban J connectivity index is 2.24. The number of rotatable bonds is 3. The molecule has 2 N–H and O–H groups in total. The molecule has 2 rings (SSSR count). The van der Waals surface area contributed by atoms with Gasteiger partial charge < -0.3 is 10.6 Å². The van der Waals surface area contributed by atoms with E-state index in [0.717, 1.165) is 31.0 Å². The largest absolute Gasteiger partial charge is 0.369 e. The van der Waals surface area contributed by atoms with Gasteiger partial charge in [0.1, 0.15) is 5.82 Å². The van der Waals surface area contributed by atoms with E-state index >= 15 is 0 Å². The van der Waals surface area contributed by atoms with Crippen LogP contribution in [0.15, 0.2) is 18.2 Å². The molecular formula is C13H19FN2S. The molecule has 0 aliphatic carbocycles. The van der Waals surface area contributed by atoms with E-state index in [1.807, 2.05) is 17.8 Å². The van der Waals surface area contributed by atoms with Gasteiger partial charge in [0.15, 0.2) is 0 Å². The van der Waals surface area contributed by atoms with E-state index in [2.05, 4.69) is 11.8 Å². The average molecular weight is 254 g/mol. The molecule has 1 aliphatic heterocycles. The Morgan fingerprint density at radius 1 is 1.53 bits per heavy atom. The Bertz CT molecular complexity index is 384. The van der Waals surface area contributed by atoms with Crippen LogP contribution in [-0.2, 0) is 6.54 Å². The summed E-state index contributed by atoms with van der Waals surface area (Å²) >= 11 is 2.01. The molecule has 1 unspecified atom stereocenters. The lowest BCUT2D eigenvalue weighted by Crippen LogP contribution is -2.38. The molecular weight excluding hydrogens is 235 g/mol. The van der Waals surface area contributed by atoms with Crippen LogP contribution < -0.4 is 10.6 Å². The molecule has 4 heteroatoms. The number of halogens is 1. The van der Waals surface area contributed by atoms with Crippen LogP contribution in [0.5, 0.6) is 0 Å². The predicted molar refractivity (Wildman–Crippen MR) is 73.0 cm³/mol. The summed E-state index contributed by atoms with van der Waals surface area (Å²) in [6.45, 7) is 4.45. The normalized spacial score (nSPS) is 20.6. The first-order valence-electron chi connectivity index (χ1n) is 6.10. The second-order valence-corrected chi connectivity index (χ2v) is 5.70. The third-order valence-corrected chi connectivity index (χ3v) is 4.61. The standard InChI is InChI=1S/C13H19FN2S/c1-2-10-9-16(6-7-17-10)13-5-3-4-12(14)11(13)8-15/h3-5,10H,2,6-9,15H2,1H3. The topological polar surface area (TPSA) is 29.3 Å². The monoisotopic (exact) mass is 254 g/mol. The molecule has 0 amide bonds. The van der Waals surface area contributed by atoms with Crippen molar-refractivity contribution in [3.05, 3.63) is 29.6 Å². The van der Waals surface area contributed by atoms with E-state index in [9.17, 15) is 4.39 Å². The Morgan fingerprint density at radius 2 is 2.35 bits per heavy atom. The van der Waals surface area contributed by atoms with E-state index in [0.29, 0.717) is 10.8 Å². The van der Waals surface area contributed by atoms with Crippen molar-refractivity contribution in [2.75, 3.05) is 23.7 Å². The van der Waals surface area contributed by atoms with Gasteiger partial charge in [-0.25, -0.2) is 4.39 Å². The van der Waals surface area contributed by atoms with Gasteiger partial charge in [-0.1, -0.05) is 13.0 Å². The first kappa shape index (κ1) is 12.7. The number of hydrogen-bond donors (Lipinski definition) is 1. The van der Waals surface area contributed by atoms with Gasteiger partial charge in [-0.05, 0) is 18.6 Å². The van der Waals surface area contributed by atoms with Gasteiger partial charge in [0.25, 0.3) is 0 Å². The fourth-order valence-electron chi connectivity index (χ4n) is 2.23. The molecule has 1 aromatic rings. The first-order valence-corrected chi connectivity index (χ1v) is 7.15. The van der Waals surface area contributed by atoms with Crippen molar-refractivity contribution in [2.24, 2.45) is 5.73 Å². The lowest BCUT2D eigenvalue weighted by molar-refractivity contribution is 0.607. The number of nitrogens with two attached hydrogens (primary N) is 1. The Morgan fingerprint density at radius 3 is 3.06 bits per heavy atom. The summed E-state index contributed by atoms with van der Waals surface area (Å²) in [6.07, 6.45) is 1.16. The zero-order valence-electron chi connectivity index (χ0n) is 10.2. The van der Waals surface area contributed by atoms with Crippen LogP contribution in [0.2, 0.25) is 0 Å². The molecule has 94 valence electrons. The number of thioether (sulfide) groups is 1. The summed E-state index contributed by atoms with van der Waals surface area (Å²) in [5.41, 5.74) is 7.28. The number of nitrogens with zero attached hydrogens (tertiary/aromatic N) is 1. The van der Waals surface area contributed by atoms with Crippen LogP contribution >= 0.6 is 11.8 Å². The highest BCUT2D eigenvalue weighted by Crippen LogP contribution is 2.29. The van der Waals surface area contributed by atoms with Crippen LogP contribution in [-0.4, -0.2) is 24.1 Å². The quantitative estimate of drug-likeness (QED) is 0.899. The van der Waals surface area contributed by atoms with Crippen molar-refractivity contribution >= 4 is 17.4 Å². The second kappa shape index (κ2) is 5.74. The van der Waals surface area contributed by atoms with Crippen LogP contribution in [0.4, 0.5) is 10.1 Å². The maximum absolute atomic E-state index is 13.7. The van der Waals surface area contributed by atoms with E-state index < -0.39 is 0 Å². The van der Waals surface area contributed by atoms with Crippen molar-refractivity contribution in [3.8, 4) is 0 Å². The summed E-state index contributed by atoms with van der Waals surface area (Å²) < 4.78 is 13.7. The lowest BCUT2D eigenvalue weighted by Gasteiger charge is -2.34. The average Bonchev–Trinajstić information content (AvgIpc) is 2.38. The van der Waals surface area contributed by atoms with Gasteiger partial charge in [-0.3, -0.25) is 0 Å². The van der Waals surface area contributed by atoms with E-state index in [-0.39, 0.29) is 12.4 Å². The van der Waals surface area contributed by atoms with Gasteiger partial charge in [-0.15, -0.1) is 0 Å². The molecule has 0 radical (unpaired) electrons. The Labute approximate surface area is 106 Å². The summed E-state index contributed by atoms with van der Waals surface area (Å²) in [5, 5.41) is 0.651. The Kier molecular flexibility index (Phi) is 4.29. The van der Waals surface area contributed by atoms with E-state index in [1.54, 1.807) is 6.07 Å². The summed E-state index contributed by atoms with van der Waals surface area (Å²) in [7, 11) is 0. The third-order valence-electron chi connectivity index (χ3n) is 3.23.